The van der Waals surface area contributed by atoms with Gasteiger partial charge in [0.15, 0.2) is 0 Å². The molecule has 0 aliphatic heterocycles. The Balaban J connectivity index is 1.93. The van der Waals surface area contributed by atoms with Gasteiger partial charge in [-0.05, 0) is 55.3 Å². The molecule has 100 valence electrons. The first-order chi connectivity index (χ1) is 8.24. The Morgan fingerprint density at radius 1 is 1.06 bits per heavy atom. The topological polar surface area (TPSA) is 72.2 Å². The fourth-order valence-electron chi connectivity index (χ4n) is 5.95. The van der Waals surface area contributed by atoms with E-state index in [2.05, 4.69) is 19.2 Å². The van der Waals surface area contributed by atoms with E-state index in [1.807, 2.05) is 0 Å². The molecule has 0 aromatic heterocycles. The molecule has 0 saturated heterocycles. The molecule has 4 heteroatoms. The molecule has 0 aromatic rings. The Morgan fingerprint density at radius 3 is 2.06 bits per heavy atom. The first-order valence-corrected chi connectivity index (χ1v) is 6.85. The molecule has 4 nitrogen and oxygen atoms in total. The highest BCUT2D eigenvalue weighted by molar-refractivity contribution is 5.97. The molecule has 4 aliphatic rings. The minimum absolute atomic E-state index is 0.128. The molecule has 4 saturated carbocycles. The van der Waals surface area contributed by atoms with Gasteiger partial charge in [-0.25, -0.2) is 4.79 Å². The number of nitrogens with one attached hydrogen (secondary N) is 1. The molecule has 4 rings (SSSR count). The minimum Gasteiger partial charge on any atom is -0.351 e. The summed E-state index contributed by atoms with van der Waals surface area (Å²) in [6.07, 6.45) is 6.50. The van der Waals surface area contributed by atoms with E-state index in [0.29, 0.717) is 5.92 Å². The molecule has 3 amide bonds. The number of nitrogens with two attached hydrogens (primary N) is 1. The van der Waals surface area contributed by atoms with Crippen molar-refractivity contribution >= 4 is 11.9 Å². The summed E-state index contributed by atoms with van der Waals surface area (Å²) in [6.45, 7) is 4.62. The average Bonchev–Trinajstić information content (AvgIpc) is 2.09. The molecule has 2 unspecified atom stereocenters. The highest BCUT2D eigenvalue weighted by atomic mass is 16.2. The number of primary amides is 1. The summed E-state index contributed by atoms with van der Waals surface area (Å²) in [5, 5.41) is 2.33. The van der Waals surface area contributed by atoms with Crippen molar-refractivity contribution < 1.29 is 9.59 Å². The third-order valence-electron chi connectivity index (χ3n) is 5.34. The molecular formula is C14H22N2O2. The second kappa shape index (κ2) is 3.28. The lowest BCUT2D eigenvalue weighted by atomic mass is 9.40. The molecule has 18 heavy (non-hydrogen) atoms. The van der Waals surface area contributed by atoms with Crippen molar-refractivity contribution in [2.45, 2.75) is 52.4 Å². The summed E-state index contributed by atoms with van der Waals surface area (Å²) in [6, 6.07) is -0.717. The quantitative estimate of drug-likeness (QED) is 0.748. The van der Waals surface area contributed by atoms with E-state index in [1.54, 1.807) is 0 Å². The number of hydrogen-bond acceptors (Lipinski definition) is 2. The maximum absolute atomic E-state index is 12.4. The van der Waals surface area contributed by atoms with Gasteiger partial charge in [0, 0.05) is 0 Å². The second-order valence-corrected chi connectivity index (χ2v) is 7.73. The van der Waals surface area contributed by atoms with Crippen molar-refractivity contribution in [3.63, 3.8) is 0 Å². The van der Waals surface area contributed by atoms with E-state index in [0.717, 1.165) is 19.3 Å². The van der Waals surface area contributed by atoms with Crippen LogP contribution in [0.4, 0.5) is 4.79 Å². The van der Waals surface area contributed by atoms with Crippen LogP contribution in [0.15, 0.2) is 0 Å². The second-order valence-electron chi connectivity index (χ2n) is 7.73. The van der Waals surface area contributed by atoms with Crippen LogP contribution in [0.5, 0.6) is 0 Å². The summed E-state index contributed by atoms with van der Waals surface area (Å²) in [4.78, 5) is 23.3. The number of rotatable bonds is 1. The van der Waals surface area contributed by atoms with Gasteiger partial charge in [0.05, 0.1) is 5.41 Å². The lowest BCUT2D eigenvalue weighted by molar-refractivity contribution is -0.169. The zero-order valence-corrected chi connectivity index (χ0v) is 11.2. The first-order valence-electron chi connectivity index (χ1n) is 6.85. The van der Waals surface area contributed by atoms with E-state index in [4.69, 9.17) is 5.73 Å². The van der Waals surface area contributed by atoms with Gasteiger partial charge in [-0.15, -0.1) is 0 Å². The molecule has 4 bridgehead atoms. The largest absolute Gasteiger partial charge is 0.351 e. The van der Waals surface area contributed by atoms with Gasteiger partial charge in [0.25, 0.3) is 0 Å². The number of urea groups is 1. The van der Waals surface area contributed by atoms with Gasteiger partial charge >= 0.3 is 6.03 Å². The van der Waals surface area contributed by atoms with Crippen molar-refractivity contribution in [3.05, 3.63) is 0 Å². The number of carbonyl (C=O) groups is 2. The molecule has 0 heterocycles. The SMILES string of the molecule is CC12CC3CC(C)(C1)CC(C(=O)NC(N)=O)(C3)C2. The van der Waals surface area contributed by atoms with Crippen molar-refractivity contribution in [3.8, 4) is 0 Å². The molecule has 0 aromatic carbocycles. The Hall–Kier alpha value is -1.06. The third kappa shape index (κ3) is 1.65. The molecular weight excluding hydrogens is 228 g/mol. The maximum atomic E-state index is 12.4. The summed E-state index contributed by atoms with van der Waals surface area (Å²) < 4.78 is 0. The summed E-state index contributed by atoms with van der Waals surface area (Å²) in [5.41, 5.74) is 5.33. The Labute approximate surface area is 108 Å². The zero-order valence-electron chi connectivity index (χ0n) is 11.2. The molecule has 4 fully saturated rings. The van der Waals surface area contributed by atoms with Crippen molar-refractivity contribution in [1.29, 1.82) is 0 Å². The number of hydrogen-bond donors (Lipinski definition) is 2. The van der Waals surface area contributed by atoms with E-state index < -0.39 is 6.03 Å². The number of carbonyl (C=O) groups excluding carboxylic acids is 2. The van der Waals surface area contributed by atoms with E-state index in [-0.39, 0.29) is 22.2 Å². The fourth-order valence-corrected chi connectivity index (χ4v) is 5.95. The maximum Gasteiger partial charge on any atom is 0.318 e. The molecule has 0 spiro atoms. The van der Waals surface area contributed by atoms with Crippen LogP contribution in [0, 0.1) is 22.2 Å². The Bertz CT molecular complexity index is 414. The van der Waals surface area contributed by atoms with Crippen LogP contribution in [-0.4, -0.2) is 11.9 Å². The average molecular weight is 250 g/mol. The fraction of sp³-hybridized carbons (Fsp3) is 0.857. The van der Waals surface area contributed by atoms with Gasteiger partial charge in [-0.3, -0.25) is 10.1 Å². The molecule has 2 atom stereocenters. The normalized spacial score (nSPS) is 49.1. The van der Waals surface area contributed by atoms with E-state index >= 15 is 0 Å². The van der Waals surface area contributed by atoms with Crippen LogP contribution in [0.3, 0.4) is 0 Å². The van der Waals surface area contributed by atoms with Crippen molar-refractivity contribution in [1.82, 2.24) is 5.32 Å². The molecule has 0 radical (unpaired) electrons. The minimum atomic E-state index is -0.717. The van der Waals surface area contributed by atoms with Crippen molar-refractivity contribution in [2.24, 2.45) is 27.9 Å². The van der Waals surface area contributed by atoms with Crippen LogP contribution >= 0.6 is 0 Å². The van der Waals surface area contributed by atoms with E-state index in [9.17, 15) is 9.59 Å². The Morgan fingerprint density at radius 2 is 1.61 bits per heavy atom. The monoisotopic (exact) mass is 250 g/mol. The van der Waals surface area contributed by atoms with Crippen LogP contribution in [-0.2, 0) is 4.79 Å². The van der Waals surface area contributed by atoms with Crippen LogP contribution in [0.2, 0.25) is 0 Å². The zero-order chi connectivity index (χ0) is 13.2. The third-order valence-corrected chi connectivity index (χ3v) is 5.34. The first kappa shape index (κ1) is 12.0. The molecule has 3 N–H and O–H groups in total. The summed E-state index contributed by atoms with van der Waals surface area (Å²) >= 11 is 0. The molecule has 4 aliphatic carbocycles. The lowest BCUT2D eigenvalue weighted by Crippen LogP contribution is -2.60. The smallest absolute Gasteiger partial charge is 0.318 e. The lowest BCUT2D eigenvalue weighted by Gasteiger charge is -2.64. The summed E-state index contributed by atoms with van der Waals surface area (Å²) in [5.74, 6) is 0.520. The van der Waals surface area contributed by atoms with Gasteiger partial charge in [-0.2, -0.15) is 0 Å². The van der Waals surface area contributed by atoms with Gasteiger partial charge < -0.3 is 5.73 Å². The highest BCUT2D eigenvalue weighted by Crippen LogP contribution is 2.69. The highest BCUT2D eigenvalue weighted by Gasteiger charge is 2.62. The number of imide groups is 1. The van der Waals surface area contributed by atoms with Crippen molar-refractivity contribution in [2.75, 3.05) is 0 Å². The Kier molecular flexibility index (Phi) is 2.19. The van der Waals surface area contributed by atoms with Gasteiger partial charge in [0.2, 0.25) is 5.91 Å². The summed E-state index contributed by atoms with van der Waals surface area (Å²) in [7, 11) is 0. The van der Waals surface area contributed by atoms with Gasteiger partial charge in [0.1, 0.15) is 0 Å². The predicted molar refractivity (Wildman–Crippen MR) is 67.6 cm³/mol. The van der Waals surface area contributed by atoms with Crippen LogP contribution < -0.4 is 11.1 Å². The van der Waals surface area contributed by atoms with E-state index in [1.165, 1.54) is 19.3 Å². The number of amides is 3. The van der Waals surface area contributed by atoms with Gasteiger partial charge in [-0.1, -0.05) is 13.8 Å². The standard InChI is InChI=1S/C14H22N2O2/c1-12-3-9-4-13(2,6-12)8-14(5-9,7-12)10(17)16-11(15)18/h9H,3-8H2,1-2H3,(H3,15,16,17,18). The van der Waals surface area contributed by atoms with Crippen LogP contribution in [0.1, 0.15) is 52.4 Å². The predicted octanol–water partition coefficient (Wildman–Crippen LogP) is 2.18. The van der Waals surface area contributed by atoms with Crippen LogP contribution in [0.25, 0.3) is 0 Å².